The summed E-state index contributed by atoms with van der Waals surface area (Å²) in [6.07, 6.45) is 1.52. The van der Waals surface area contributed by atoms with Gasteiger partial charge in [-0.3, -0.25) is 0 Å². The van der Waals surface area contributed by atoms with E-state index in [0.717, 1.165) is 16.7 Å². The van der Waals surface area contributed by atoms with Crippen LogP contribution in [0.5, 0.6) is 0 Å². The molecule has 0 atom stereocenters. The fraction of sp³-hybridized carbons (Fsp3) is 0.222. The van der Waals surface area contributed by atoms with Gasteiger partial charge in [0.2, 0.25) is 0 Å². The van der Waals surface area contributed by atoms with Crippen molar-refractivity contribution in [2.75, 3.05) is 4.72 Å². The second kappa shape index (κ2) is 6.68. The molecule has 0 aliphatic rings. The van der Waals surface area contributed by atoms with Crippen LogP contribution in [-0.4, -0.2) is 23.2 Å². The van der Waals surface area contributed by atoms with Crippen LogP contribution in [0.3, 0.4) is 0 Å². The van der Waals surface area contributed by atoms with Gasteiger partial charge in [0.1, 0.15) is 6.33 Å². The lowest BCUT2D eigenvalue weighted by Gasteiger charge is -2.08. The van der Waals surface area contributed by atoms with E-state index >= 15 is 0 Å². The Morgan fingerprint density at radius 1 is 1.04 bits per heavy atom. The summed E-state index contributed by atoms with van der Waals surface area (Å²) in [6.45, 7) is 6.25. The van der Waals surface area contributed by atoms with Crippen LogP contribution in [0.15, 0.2) is 53.7 Å². The lowest BCUT2D eigenvalue weighted by Crippen LogP contribution is -2.15. The summed E-state index contributed by atoms with van der Waals surface area (Å²) in [7, 11) is -3.72. The van der Waals surface area contributed by atoms with Gasteiger partial charge in [-0.1, -0.05) is 42.0 Å². The van der Waals surface area contributed by atoms with Crippen LogP contribution >= 0.6 is 0 Å². The largest absolute Gasteiger partial charge is 0.264 e. The standard InChI is InChI=1S/C18H20N4O2S/c1-13-8-9-17(15(3)10-13)25(23,24)21-18-19-12-22(20-18)11-16-7-5-4-6-14(16)2/h4-10,12H,11H2,1-3H3,(H,20,21). The zero-order chi connectivity index (χ0) is 18.0. The van der Waals surface area contributed by atoms with E-state index in [0.29, 0.717) is 12.1 Å². The summed E-state index contributed by atoms with van der Waals surface area (Å²) in [4.78, 5) is 4.29. The van der Waals surface area contributed by atoms with Crippen molar-refractivity contribution < 1.29 is 8.42 Å². The Morgan fingerprint density at radius 2 is 1.80 bits per heavy atom. The number of hydrogen-bond acceptors (Lipinski definition) is 4. The van der Waals surface area contributed by atoms with E-state index in [1.165, 1.54) is 6.33 Å². The van der Waals surface area contributed by atoms with Gasteiger partial charge >= 0.3 is 0 Å². The Morgan fingerprint density at radius 3 is 2.52 bits per heavy atom. The topological polar surface area (TPSA) is 76.9 Å². The highest BCUT2D eigenvalue weighted by atomic mass is 32.2. The highest BCUT2D eigenvalue weighted by molar-refractivity contribution is 7.92. The van der Waals surface area contributed by atoms with E-state index in [1.807, 2.05) is 44.2 Å². The lowest BCUT2D eigenvalue weighted by molar-refractivity contribution is 0.600. The minimum atomic E-state index is -3.72. The molecule has 3 rings (SSSR count). The number of rotatable bonds is 5. The predicted octanol–water partition coefficient (Wildman–Crippen LogP) is 3.05. The zero-order valence-electron chi connectivity index (χ0n) is 14.4. The number of hydrogen-bond donors (Lipinski definition) is 1. The molecule has 1 heterocycles. The van der Waals surface area contributed by atoms with Crippen molar-refractivity contribution in [2.24, 2.45) is 0 Å². The molecular weight excluding hydrogens is 336 g/mol. The summed E-state index contributed by atoms with van der Waals surface area (Å²) >= 11 is 0. The molecule has 130 valence electrons. The second-order valence-corrected chi connectivity index (χ2v) is 7.72. The Kier molecular flexibility index (Phi) is 4.59. The van der Waals surface area contributed by atoms with E-state index in [1.54, 1.807) is 23.7 Å². The molecule has 3 aromatic rings. The molecule has 0 bridgehead atoms. The number of aromatic nitrogens is 3. The van der Waals surface area contributed by atoms with Crippen LogP contribution in [0.2, 0.25) is 0 Å². The first-order valence-electron chi connectivity index (χ1n) is 7.89. The van der Waals surface area contributed by atoms with Crippen LogP contribution in [0, 0.1) is 20.8 Å². The summed E-state index contributed by atoms with van der Waals surface area (Å²) in [5, 5.41) is 4.22. The number of anilines is 1. The predicted molar refractivity (Wildman–Crippen MR) is 97.0 cm³/mol. The second-order valence-electron chi connectivity index (χ2n) is 6.07. The Labute approximate surface area is 147 Å². The van der Waals surface area contributed by atoms with Gasteiger partial charge in [0.15, 0.2) is 0 Å². The molecular formula is C18H20N4O2S. The first-order chi connectivity index (χ1) is 11.8. The summed E-state index contributed by atoms with van der Waals surface area (Å²) in [6, 6.07) is 13.2. The van der Waals surface area contributed by atoms with Crippen molar-refractivity contribution >= 4 is 16.0 Å². The van der Waals surface area contributed by atoms with Gasteiger partial charge in [-0.2, -0.15) is 4.98 Å². The van der Waals surface area contributed by atoms with Crippen LogP contribution in [-0.2, 0) is 16.6 Å². The molecule has 0 spiro atoms. The third-order valence-corrected chi connectivity index (χ3v) is 5.46. The number of nitrogens with one attached hydrogen (secondary N) is 1. The highest BCUT2D eigenvalue weighted by Gasteiger charge is 2.18. The molecule has 6 nitrogen and oxygen atoms in total. The molecule has 0 amide bonds. The molecule has 2 aromatic carbocycles. The number of aryl methyl sites for hydroxylation is 3. The normalized spacial score (nSPS) is 11.5. The zero-order valence-corrected chi connectivity index (χ0v) is 15.2. The fourth-order valence-electron chi connectivity index (χ4n) is 2.66. The minimum Gasteiger partial charge on any atom is -0.246 e. The van der Waals surface area contributed by atoms with Gasteiger partial charge in [-0.25, -0.2) is 17.8 Å². The van der Waals surface area contributed by atoms with Gasteiger partial charge < -0.3 is 0 Å². The molecule has 7 heteroatoms. The van der Waals surface area contributed by atoms with Crippen molar-refractivity contribution in [1.82, 2.24) is 14.8 Å². The van der Waals surface area contributed by atoms with E-state index < -0.39 is 10.0 Å². The molecule has 0 saturated carbocycles. The average Bonchev–Trinajstić information content (AvgIpc) is 2.95. The molecule has 0 radical (unpaired) electrons. The molecule has 1 aromatic heterocycles. The van der Waals surface area contributed by atoms with E-state index in [-0.39, 0.29) is 10.8 Å². The lowest BCUT2D eigenvalue weighted by atomic mass is 10.1. The monoisotopic (exact) mass is 356 g/mol. The minimum absolute atomic E-state index is 0.0635. The van der Waals surface area contributed by atoms with E-state index in [4.69, 9.17) is 0 Å². The average molecular weight is 356 g/mol. The third kappa shape index (κ3) is 3.88. The highest BCUT2D eigenvalue weighted by Crippen LogP contribution is 2.19. The third-order valence-electron chi connectivity index (χ3n) is 3.98. The molecule has 0 unspecified atom stereocenters. The molecule has 1 N–H and O–H groups in total. The van der Waals surface area contributed by atoms with Crippen molar-refractivity contribution in [2.45, 2.75) is 32.2 Å². The fourth-order valence-corrected chi connectivity index (χ4v) is 3.83. The van der Waals surface area contributed by atoms with Crippen molar-refractivity contribution in [3.63, 3.8) is 0 Å². The first-order valence-corrected chi connectivity index (χ1v) is 9.37. The maximum Gasteiger partial charge on any atom is 0.264 e. The van der Waals surface area contributed by atoms with Crippen molar-refractivity contribution in [1.29, 1.82) is 0 Å². The summed E-state index contributed by atoms with van der Waals surface area (Å²) < 4.78 is 29.2. The van der Waals surface area contributed by atoms with E-state index in [2.05, 4.69) is 14.8 Å². The smallest absolute Gasteiger partial charge is 0.246 e. The van der Waals surface area contributed by atoms with Gasteiger partial charge in [-0.05, 0) is 43.5 Å². The van der Waals surface area contributed by atoms with Crippen LogP contribution in [0.25, 0.3) is 0 Å². The first kappa shape index (κ1) is 17.2. The van der Waals surface area contributed by atoms with E-state index in [9.17, 15) is 8.42 Å². The molecule has 0 fully saturated rings. The van der Waals surface area contributed by atoms with Crippen molar-refractivity contribution in [3.05, 3.63) is 71.0 Å². The number of benzene rings is 2. The number of sulfonamides is 1. The maximum atomic E-state index is 12.6. The molecule has 0 aliphatic heterocycles. The number of nitrogens with zero attached hydrogens (tertiary/aromatic N) is 3. The maximum absolute atomic E-state index is 12.6. The summed E-state index contributed by atoms with van der Waals surface area (Å²) in [5.41, 5.74) is 3.95. The summed E-state index contributed by atoms with van der Waals surface area (Å²) in [5.74, 6) is 0.0635. The van der Waals surface area contributed by atoms with Gasteiger partial charge in [0.05, 0.1) is 11.4 Å². The SMILES string of the molecule is Cc1ccc(S(=O)(=O)Nc2ncn(Cc3ccccc3C)n2)c(C)c1. The molecule has 25 heavy (non-hydrogen) atoms. The van der Waals surface area contributed by atoms with Crippen LogP contribution in [0.1, 0.15) is 22.3 Å². The Balaban J connectivity index is 1.80. The Hall–Kier alpha value is -2.67. The Bertz CT molecular complexity index is 1010. The van der Waals surface area contributed by atoms with Gasteiger partial charge in [0, 0.05) is 0 Å². The van der Waals surface area contributed by atoms with Crippen molar-refractivity contribution in [3.8, 4) is 0 Å². The molecule has 0 aliphatic carbocycles. The van der Waals surface area contributed by atoms with Crippen LogP contribution < -0.4 is 4.72 Å². The quantitative estimate of drug-likeness (QED) is 0.762. The van der Waals surface area contributed by atoms with Crippen LogP contribution in [0.4, 0.5) is 5.95 Å². The van der Waals surface area contributed by atoms with Gasteiger partial charge in [-0.15, -0.1) is 5.10 Å². The van der Waals surface area contributed by atoms with Gasteiger partial charge in [0.25, 0.3) is 16.0 Å². The molecule has 0 saturated heterocycles.